The van der Waals surface area contributed by atoms with E-state index < -0.39 is 6.10 Å². The van der Waals surface area contributed by atoms with Crippen LogP contribution in [0.25, 0.3) is 12.2 Å². The van der Waals surface area contributed by atoms with Gasteiger partial charge in [0.2, 0.25) is 0 Å². The lowest BCUT2D eigenvalue weighted by Gasteiger charge is -2.08. The molecular weight excluding hydrogens is 342 g/mol. The van der Waals surface area contributed by atoms with Crippen LogP contribution in [-0.4, -0.2) is 26.4 Å². The van der Waals surface area contributed by atoms with Crippen LogP contribution in [0.3, 0.4) is 0 Å². The molecule has 0 fully saturated rings. The summed E-state index contributed by atoms with van der Waals surface area (Å²) >= 11 is 0. The number of ether oxygens (including phenoxy) is 1. The van der Waals surface area contributed by atoms with Crippen LogP contribution in [0.5, 0.6) is 5.75 Å². The molecule has 0 amide bonds. The molecule has 0 aliphatic rings. The molecule has 1 N–H and O–H groups in total. The summed E-state index contributed by atoms with van der Waals surface area (Å²) in [5.41, 5.74) is 1.82. The molecule has 3 aromatic rings. The number of aliphatic hydroxyl groups excluding tert-OH is 1. The minimum Gasteiger partial charge on any atom is -0.493 e. The van der Waals surface area contributed by atoms with E-state index in [2.05, 4.69) is 24.0 Å². The molecule has 142 valence electrons. The van der Waals surface area contributed by atoms with Gasteiger partial charge in [-0.05, 0) is 36.6 Å². The van der Waals surface area contributed by atoms with Gasteiger partial charge in [-0.15, -0.1) is 0 Å². The van der Waals surface area contributed by atoms with Crippen molar-refractivity contribution in [1.82, 2.24) is 14.7 Å². The maximum atomic E-state index is 9.72. The fraction of sp³-hybridized carbons (Fsp3) is 0.333. The third-order valence-corrected chi connectivity index (χ3v) is 3.93. The summed E-state index contributed by atoms with van der Waals surface area (Å²) in [5, 5.41) is 13.8. The molecule has 0 bridgehead atoms. The Morgan fingerprint density at radius 3 is 2.67 bits per heavy atom. The number of hydrogen-bond donors (Lipinski definition) is 1. The van der Waals surface area contributed by atoms with E-state index in [4.69, 9.17) is 9.26 Å². The maximum absolute atomic E-state index is 9.72. The molecule has 1 atom stereocenters. The molecular formula is C21H25N3O3. The van der Waals surface area contributed by atoms with Crippen LogP contribution in [0, 0.1) is 5.92 Å². The average molecular weight is 367 g/mol. The van der Waals surface area contributed by atoms with Gasteiger partial charge in [-0.3, -0.25) is 0 Å². The number of nitrogens with zero attached hydrogens (tertiary/aromatic N) is 3. The summed E-state index contributed by atoms with van der Waals surface area (Å²) in [6.45, 7) is 7.15. The second kappa shape index (κ2) is 8.68. The van der Waals surface area contributed by atoms with Gasteiger partial charge in [0.05, 0.1) is 13.2 Å². The lowest BCUT2D eigenvalue weighted by molar-refractivity contribution is 0.184. The van der Waals surface area contributed by atoms with Gasteiger partial charge >= 0.3 is 0 Å². The summed E-state index contributed by atoms with van der Waals surface area (Å²) in [5.74, 6) is 2.65. The summed E-state index contributed by atoms with van der Waals surface area (Å²) in [6, 6.07) is 9.81. The Kier molecular flexibility index (Phi) is 6.08. The topological polar surface area (TPSA) is 73.3 Å². The summed E-state index contributed by atoms with van der Waals surface area (Å²) in [4.78, 5) is 4.15. The van der Waals surface area contributed by atoms with E-state index in [1.165, 1.54) is 0 Å². The van der Waals surface area contributed by atoms with Gasteiger partial charge in [0.1, 0.15) is 23.4 Å². The molecule has 0 unspecified atom stereocenters. The van der Waals surface area contributed by atoms with Crippen molar-refractivity contribution in [2.75, 3.05) is 6.61 Å². The first-order chi connectivity index (χ1) is 13.0. The van der Waals surface area contributed by atoms with Crippen molar-refractivity contribution in [3.63, 3.8) is 0 Å². The molecule has 0 saturated heterocycles. The first-order valence-corrected chi connectivity index (χ1v) is 9.07. The van der Waals surface area contributed by atoms with Crippen molar-refractivity contribution in [3.05, 3.63) is 65.6 Å². The van der Waals surface area contributed by atoms with Gasteiger partial charge < -0.3 is 18.9 Å². The first-order valence-electron chi connectivity index (χ1n) is 9.07. The zero-order valence-corrected chi connectivity index (χ0v) is 15.9. The molecule has 1 aromatic carbocycles. The van der Waals surface area contributed by atoms with E-state index in [0.29, 0.717) is 30.7 Å². The Balaban J connectivity index is 1.61. The monoisotopic (exact) mass is 367 g/mol. The predicted molar refractivity (Wildman–Crippen MR) is 104 cm³/mol. The molecule has 6 heteroatoms. The highest BCUT2D eigenvalue weighted by molar-refractivity contribution is 5.67. The van der Waals surface area contributed by atoms with Crippen LogP contribution >= 0.6 is 0 Å². The molecule has 27 heavy (non-hydrogen) atoms. The normalized spacial score (nSPS) is 12.8. The van der Waals surface area contributed by atoms with E-state index in [-0.39, 0.29) is 0 Å². The van der Waals surface area contributed by atoms with Crippen LogP contribution in [-0.2, 0) is 6.54 Å². The summed E-state index contributed by atoms with van der Waals surface area (Å²) in [7, 11) is 0. The van der Waals surface area contributed by atoms with Crippen LogP contribution in [0.2, 0.25) is 0 Å². The van der Waals surface area contributed by atoms with Gasteiger partial charge in [-0.1, -0.05) is 37.2 Å². The van der Waals surface area contributed by atoms with E-state index in [9.17, 15) is 5.11 Å². The Morgan fingerprint density at radius 1 is 1.19 bits per heavy atom. The highest BCUT2D eigenvalue weighted by Gasteiger charge is 2.10. The number of rotatable bonds is 8. The minimum absolute atomic E-state index is 0.499. The standard InChI is InChI=1S/C21H25N3O3/c1-15(2)14-26-19-7-4-17(5-8-19)6-9-20-12-18(23-27-20)13-24-11-10-22-21(24)16(3)25/h4-12,15-16,25H,13-14H2,1-3H3/b9-6+/t16-/m0/s1. The van der Waals surface area contributed by atoms with Crippen LogP contribution < -0.4 is 4.74 Å². The zero-order valence-electron chi connectivity index (χ0n) is 15.9. The second-order valence-corrected chi connectivity index (χ2v) is 6.92. The Morgan fingerprint density at radius 2 is 1.96 bits per heavy atom. The van der Waals surface area contributed by atoms with Crippen LogP contribution in [0.4, 0.5) is 0 Å². The number of aromatic nitrogens is 3. The smallest absolute Gasteiger partial charge is 0.160 e. The molecule has 6 nitrogen and oxygen atoms in total. The van der Waals surface area contributed by atoms with Crippen molar-refractivity contribution < 1.29 is 14.4 Å². The minimum atomic E-state index is -0.626. The third-order valence-electron chi connectivity index (χ3n) is 3.93. The quantitative estimate of drug-likeness (QED) is 0.647. The van der Waals surface area contributed by atoms with Crippen LogP contribution in [0.15, 0.2) is 47.2 Å². The van der Waals surface area contributed by atoms with E-state index in [0.717, 1.165) is 17.0 Å². The Labute approximate surface area is 159 Å². The molecule has 0 spiro atoms. The molecule has 0 aliphatic heterocycles. The van der Waals surface area contributed by atoms with Crippen molar-refractivity contribution in [2.24, 2.45) is 5.92 Å². The lowest BCUT2D eigenvalue weighted by atomic mass is 10.2. The average Bonchev–Trinajstić information content (AvgIpc) is 3.29. The van der Waals surface area contributed by atoms with E-state index >= 15 is 0 Å². The van der Waals surface area contributed by atoms with Crippen molar-refractivity contribution >= 4 is 12.2 Å². The molecule has 0 radical (unpaired) electrons. The largest absolute Gasteiger partial charge is 0.493 e. The number of benzene rings is 1. The first kappa shape index (κ1) is 18.9. The molecule has 0 aliphatic carbocycles. The molecule has 2 aromatic heterocycles. The molecule has 3 rings (SSSR count). The Hall–Kier alpha value is -2.86. The number of imidazole rings is 1. The SMILES string of the molecule is CC(C)COc1ccc(/C=C/c2cc(Cn3ccnc3[C@H](C)O)no2)cc1. The fourth-order valence-corrected chi connectivity index (χ4v) is 2.59. The number of hydrogen-bond acceptors (Lipinski definition) is 5. The Bertz CT molecular complexity index is 876. The second-order valence-electron chi connectivity index (χ2n) is 6.92. The maximum Gasteiger partial charge on any atom is 0.160 e. The summed E-state index contributed by atoms with van der Waals surface area (Å²) in [6.07, 6.45) is 6.70. The van der Waals surface area contributed by atoms with E-state index in [1.54, 1.807) is 13.1 Å². The fourth-order valence-electron chi connectivity index (χ4n) is 2.59. The van der Waals surface area contributed by atoms with E-state index in [1.807, 2.05) is 53.2 Å². The van der Waals surface area contributed by atoms with Crippen molar-refractivity contribution in [3.8, 4) is 5.75 Å². The van der Waals surface area contributed by atoms with Crippen molar-refractivity contribution in [2.45, 2.75) is 33.4 Å². The summed E-state index contributed by atoms with van der Waals surface area (Å²) < 4.78 is 12.9. The van der Waals surface area contributed by atoms with Gasteiger partial charge in [0.15, 0.2) is 5.76 Å². The molecule has 2 heterocycles. The number of aliphatic hydroxyl groups is 1. The predicted octanol–water partition coefficient (Wildman–Crippen LogP) is 4.18. The van der Waals surface area contributed by atoms with Gasteiger partial charge in [0, 0.05) is 18.5 Å². The highest BCUT2D eigenvalue weighted by Crippen LogP contribution is 2.17. The lowest BCUT2D eigenvalue weighted by Crippen LogP contribution is -2.07. The third kappa shape index (κ3) is 5.31. The van der Waals surface area contributed by atoms with Gasteiger partial charge in [-0.2, -0.15) is 0 Å². The molecule has 0 saturated carbocycles. The highest BCUT2D eigenvalue weighted by atomic mass is 16.5. The zero-order chi connectivity index (χ0) is 19.2. The van der Waals surface area contributed by atoms with Gasteiger partial charge in [0.25, 0.3) is 0 Å². The van der Waals surface area contributed by atoms with Gasteiger partial charge in [-0.25, -0.2) is 4.98 Å². The van der Waals surface area contributed by atoms with Crippen molar-refractivity contribution in [1.29, 1.82) is 0 Å². The van der Waals surface area contributed by atoms with Crippen LogP contribution in [0.1, 0.15) is 49.7 Å².